The number of nitriles is 1. The van der Waals surface area contributed by atoms with Crippen LogP contribution in [0.4, 0.5) is 19.0 Å². The van der Waals surface area contributed by atoms with E-state index in [9.17, 15) is 13.2 Å². The van der Waals surface area contributed by atoms with Gasteiger partial charge in [0.15, 0.2) is 0 Å². The molecule has 110 valence electrons. The van der Waals surface area contributed by atoms with Gasteiger partial charge in [-0.2, -0.15) is 18.4 Å². The highest BCUT2D eigenvalue weighted by Gasteiger charge is 2.33. The van der Waals surface area contributed by atoms with Crippen molar-refractivity contribution < 1.29 is 17.9 Å². The van der Waals surface area contributed by atoms with E-state index >= 15 is 0 Å². The first-order chi connectivity index (χ1) is 9.49. The second kappa shape index (κ2) is 7.70. The van der Waals surface area contributed by atoms with Crippen LogP contribution in [0, 0.1) is 11.3 Å². The fourth-order valence-corrected chi connectivity index (χ4v) is 1.47. The van der Waals surface area contributed by atoms with Crippen molar-refractivity contribution in [3.05, 3.63) is 23.4 Å². The van der Waals surface area contributed by atoms with Crippen molar-refractivity contribution >= 4 is 5.82 Å². The molecule has 0 saturated heterocycles. The van der Waals surface area contributed by atoms with Gasteiger partial charge >= 0.3 is 6.18 Å². The Labute approximate surface area is 115 Å². The van der Waals surface area contributed by atoms with Gasteiger partial charge in [-0.15, -0.1) is 0 Å². The summed E-state index contributed by atoms with van der Waals surface area (Å²) in [5, 5.41) is 11.6. The molecule has 0 spiro atoms. The molecule has 0 unspecified atom stereocenters. The number of aromatic nitrogens is 1. The smallest absolute Gasteiger partial charge is 0.381 e. The fourth-order valence-electron chi connectivity index (χ4n) is 1.47. The van der Waals surface area contributed by atoms with Gasteiger partial charge in [-0.1, -0.05) is 6.92 Å². The molecule has 0 fully saturated rings. The van der Waals surface area contributed by atoms with Crippen molar-refractivity contribution in [3.8, 4) is 6.07 Å². The highest BCUT2D eigenvalue weighted by Crippen LogP contribution is 2.29. The minimum atomic E-state index is -4.52. The Hall–Kier alpha value is -1.81. The molecule has 1 heterocycles. The van der Waals surface area contributed by atoms with E-state index in [2.05, 4.69) is 10.3 Å². The maximum atomic E-state index is 12.5. The lowest BCUT2D eigenvalue weighted by Gasteiger charge is -2.11. The minimum Gasteiger partial charge on any atom is -0.381 e. The van der Waals surface area contributed by atoms with Crippen molar-refractivity contribution in [2.24, 2.45) is 0 Å². The van der Waals surface area contributed by atoms with Crippen LogP contribution in [0.3, 0.4) is 0 Å². The molecule has 4 nitrogen and oxygen atoms in total. The molecule has 1 aromatic rings. The zero-order valence-corrected chi connectivity index (χ0v) is 11.1. The van der Waals surface area contributed by atoms with Crippen molar-refractivity contribution in [2.45, 2.75) is 25.9 Å². The number of alkyl halides is 3. The molecule has 1 aromatic heterocycles. The Morgan fingerprint density at radius 3 is 2.70 bits per heavy atom. The highest BCUT2D eigenvalue weighted by atomic mass is 19.4. The molecule has 0 saturated carbocycles. The average molecular weight is 287 g/mol. The molecule has 7 heteroatoms. The second-order valence-corrected chi connectivity index (χ2v) is 4.09. The number of nitrogens with one attached hydrogen (secondary N) is 1. The molecule has 1 N–H and O–H groups in total. The van der Waals surface area contributed by atoms with E-state index in [1.165, 1.54) is 0 Å². The maximum absolute atomic E-state index is 12.5. The largest absolute Gasteiger partial charge is 0.433 e. The minimum absolute atomic E-state index is 0.0437. The monoisotopic (exact) mass is 287 g/mol. The summed E-state index contributed by atoms with van der Waals surface area (Å²) in [7, 11) is 0. The van der Waals surface area contributed by atoms with Crippen molar-refractivity contribution in [2.75, 3.05) is 25.1 Å². The number of hydrogen-bond acceptors (Lipinski definition) is 4. The number of ether oxygens (including phenoxy) is 1. The Balaban J connectivity index is 2.61. The SMILES string of the molecule is CCCOCCCNc1nc(C(F)(F)F)ccc1C#N. The standard InChI is InChI=1S/C13H16F3N3O/c1-2-7-20-8-3-6-18-12-10(9-17)4-5-11(19-12)13(14,15)16/h4-5H,2-3,6-8H2,1H3,(H,18,19). The normalized spacial score (nSPS) is 11.2. The van der Waals surface area contributed by atoms with Gasteiger partial charge in [-0.25, -0.2) is 4.98 Å². The molecule has 1 rings (SSSR count). The Bertz CT molecular complexity index is 469. The Morgan fingerprint density at radius 1 is 1.35 bits per heavy atom. The second-order valence-electron chi connectivity index (χ2n) is 4.09. The number of anilines is 1. The predicted octanol–water partition coefficient (Wildman–Crippen LogP) is 3.20. The van der Waals surface area contributed by atoms with E-state index in [0.29, 0.717) is 26.2 Å². The van der Waals surface area contributed by atoms with E-state index in [1.54, 1.807) is 0 Å². The first-order valence-corrected chi connectivity index (χ1v) is 6.29. The summed E-state index contributed by atoms with van der Waals surface area (Å²) in [5.74, 6) is -0.0437. The molecular weight excluding hydrogens is 271 g/mol. The van der Waals surface area contributed by atoms with Crippen LogP contribution in [-0.4, -0.2) is 24.7 Å². The summed E-state index contributed by atoms with van der Waals surface area (Å²) in [5.41, 5.74) is -0.922. The van der Waals surface area contributed by atoms with Crippen LogP contribution in [0.5, 0.6) is 0 Å². The average Bonchev–Trinajstić information content (AvgIpc) is 2.41. The molecule has 0 radical (unpaired) electrons. The number of hydrogen-bond donors (Lipinski definition) is 1. The number of pyridine rings is 1. The van der Waals surface area contributed by atoms with Crippen LogP contribution in [0.2, 0.25) is 0 Å². The molecule has 0 aliphatic carbocycles. The van der Waals surface area contributed by atoms with Gasteiger partial charge in [-0.3, -0.25) is 0 Å². The van der Waals surface area contributed by atoms with Crippen LogP contribution < -0.4 is 5.32 Å². The number of nitrogens with zero attached hydrogens (tertiary/aromatic N) is 2. The quantitative estimate of drug-likeness (QED) is 0.782. The van der Waals surface area contributed by atoms with E-state index < -0.39 is 11.9 Å². The van der Waals surface area contributed by atoms with E-state index in [4.69, 9.17) is 10.00 Å². The van der Waals surface area contributed by atoms with E-state index in [1.807, 2.05) is 13.0 Å². The summed E-state index contributed by atoms with van der Waals surface area (Å²) in [6.45, 7) is 3.56. The fraction of sp³-hybridized carbons (Fsp3) is 0.538. The van der Waals surface area contributed by atoms with Crippen LogP contribution >= 0.6 is 0 Å². The molecule has 0 amide bonds. The van der Waals surface area contributed by atoms with Gasteiger partial charge in [0.05, 0.1) is 5.56 Å². The maximum Gasteiger partial charge on any atom is 0.433 e. The van der Waals surface area contributed by atoms with Gasteiger partial charge in [0.2, 0.25) is 0 Å². The van der Waals surface area contributed by atoms with Crippen LogP contribution in [0.1, 0.15) is 31.0 Å². The number of rotatable bonds is 7. The molecule has 0 atom stereocenters. The van der Waals surface area contributed by atoms with Crippen LogP contribution in [0.15, 0.2) is 12.1 Å². The van der Waals surface area contributed by atoms with Gasteiger partial charge < -0.3 is 10.1 Å². The topological polar surface area (TPSA) is 57.9 Å². The van der Waals surface area contributed by atoms with Crippen LogP contribution in [0.25, 0.3) is 0 Å². The zero-order valence-electron chi connectivity index (χ0n) is 11.1. The molecule has 20 heavy (non-hydrogen) atoms. The molecule has 0 bridgehead atoms. The lowest BCUT2D eigenvalue weighted by molar-refractivity contribution is -0.141. The van der Waals surface area contributed by atoms with Gasteiger partial charge in [0.25, 0.3) is 0 Å². The predicted molar refractivity (Wildman–Crippen MR) is 68.2 cm³/mol. The van der Waals surface area contributed by atoms with Crippen molar-refractivity contribution in [1.82, 2.24) is 4.98 Å². The molecular formula is C13H16F3N3O. The lowest BCUT2D eigenvalue weighted by atomic mass is 10.2. The van der Waals surface area contributed by atoms with Crippen molar-refractivity contribution in [3.63, 3.8) is 0 Å². The lowest BCUT2D eigenvalue weighted by Crippen LogP contribution is -2.13. The van der Waals surface area contributed by atoms with Crippen molar-refractivity contribution in [1.29, 1.82) is 5.26 Å². The Morgan fingerprint density at radius 2 is 2.10 bits per heavy atom. The molecule has 0 aliphatic rings. The third-order valence-electron chi connectivity index (χ3n) is 2.41. The summed E-state index contributed by atoms with van der Waals surface area (Å²) in [6, 6.07) is 3.73. The van der Waals surface area contributed by atoms with Gasteiger partial charge in [0.1, 0.15) is 17.6 Å². The van der Waals surface area contributed by atoms with E-state index in [-0.39, 0.29) is 11.4 Å². The zero-order chi connectivity index (χ0) is 15.0. The summed E-state index contributed by atoms with van der Waals surface area (Å²) in [4.78, 5) is 3.45. The first kappa shape index (κ1) is 16.2. The summed E-state index contributed by atoms with van der Waals surface area (Å²) < 4.78 is 42.9. The summed E-state index contributed by atoms with van der Waals surface area (Å²) in [6.07, 6.45) is -2.97. The summed E-state index contributed by atoms with van der Waals surface area (Å²) >= 11 is 0. The van der Waals surface area contributed by atoms with E-state index in [0.717, 1.165) is 18.6 Å². The number of halogens is 3. The van der Waals surface area contributed by atoms with Gasteiger partial charge in [-0.05, 0) is 25.0 Å². The van der Waals surface area contributed by atoms with Gasteiger partial charge in [0, 0.05) is 19.8 Å². The van der Waals surface area contributed by atoms with Crippen LogP contribution in [-0.2, 0) is 10.9 Å². The molecule has 0 aromatic carbocycles. The highest BCUT2D eigenvalue weighted by molar-refractivity contribution is 5.52. The molecule has 0 aliphatic heterocycles. The first-order valence-electron chi connectivity index (χ1n) is 6.29. The third-order valence-corrected chi connectivity index (χ3v) is 2.41. The third kappa shape index (κ3) is 5.05. The Kier molecular flexibility index (Phi) is 6.25.